The number of carbonyl (C=O) groups is 3. The Morgan fingerprint density at radius 1 is 0.912 bits per heavy atom. The van der Waals surface area contributed by atoms with Crippen molar-refractivity contribution in [2.24, 2.45) is 5.10 Å². The molecule has 174 valence electrons. The number of aryl methyl sites for hydroxylation is 2. The summed E-state index contributed by atoms with van der Waals surface area (Å²) in [5, 5.41) is 9.35. The second kappa shape index (κ2) is 11.6. The zero-order valence-electron chi connectivity index (χ0n) is 18.6. The number of hydrazone groups is 1. The van der Waals surface area contributed by atoms with Crippen LogP contribution < -0.4 is 20.8 Å². The Bertz CT molecular complexity index is 1210. The van der Waals surface area contributed by atoms with Crippen LogP contribution in [-0.4, -0.2) is 30.5 Å². The fourth-order valence-electron chi connectivity index (χ4n) is 2.97. The summed E-state index contributed by atoms with van der Waals surface area (Å²) in [6.07, 6.45) is 1.34. The molecule has 3 N–H and O–H groups in total. The molecule has 3 rings (SSSR count). The Kier molecular flexibility index (Phi) is 8.37. The maximum absolute atomic E-state index is 12.1. The van der Waals surface area contributed by atoms with Gasteiger partial charge in [0.15, 0.2) is 6.61 Å². The van der Waals surface area contributed by atoms with Gasteiger partial charge in [-0.2, -0.15) is 5.10 Å². The number of hydrogen-bond acceptors (Lipinski definition) is 5. The average Bonchev–Trinajstić information content (AvgIpc) is 2.81. The molecule has 0 aliphatic rings. The molecule has 9 heteroatoms. The molecule has 0 saturated heterocycles. The molecule has 0 aliphatic heterocycles. The van der Waals surface area contributed by atoms with Crippen LogP contribution >= 0.6 is 11.6 Å². The molecule has 0 aromatic heterocycles. The highest BCUT2D eigenvalue weighted by molar-refractivity contribution is 6.39. The minimum Gasteiger partial charge on any atom is -0.482 e. The highest BCUT2D eigenvalue weighted by Crippen LogP contribution is 2.25. The molecule has 34 heavy (non-hydrogen) atoms. The Labute approximate surface area is 202 Å². The third-order valence-corrected chi connectivity index (χ3v) is 4.97. The maximum atomic E-state index is 12.1. The summed E-state index contributed by atoms with van der Waals surface area (Å²) in [7, 11) is 0. The van der Waals surface area contributed by atoms with Crippen LogP contribution in [0, 0.1) is 13.8 Å². The first kappa shape index (κ1) is 24.5. The van der Waals surface area contributed by atoms with Crippen molar-refractivity contribution in [2.75, 3.05) is 17.2 Å². The Morgan fingerprint density at radius 3 is 2.29 bits per heavy atom. The van der Waals surface area contributed by atoms with Gasteiger partial charge in [0.05, 0.1) is 11.2 Å². The van der Waals surface area contributed by atoms with Gasteiger partial charge < -0.3 is 15.4 Å². The van der Waals surface area contributed by atoms with Gasteiger partial charge in [-0.25, -0.2) is 5.43 Å². The molecule has 0 bridgehead atoms. The molecule has 3 aromatic rings. The molecule has 0 unspecified atom stereocenters. The van der Waals surface area contributed by atoms with E-state index in [1.54, 1.807) is 30.3 Å². The molecule has 0 spiro atoms. The molecule has 3 amide bonds. The number of halogens is 1. The number of anilines is 2. The van der Waals surface area contributed by atoms with Crippen LogP contribution in [0.1, 0.15) is 16.7 Å². The van der Waals surface area contributed by atoms with Crippen molar-refractivity contribution < 1.29 is 19.1 Å². The predicted molar refractivity (Wildman–Crippen MR) is 132 cm³/mol. The van der Waals surface area contributed by atoms with Gasteiger partial charge >= 0.3 is 11.8 Å². The molecule has 0 fully saturated rings. The van der Waals surface area contributed by atoms with Gasteiger partial charge in [-0.05, 0) is 60.9 Å². The van der Waals surface area contributed by atoms with E-state index in [-0.39, 0.29) is 17.5 Å². The lowest BCUT2D eigenvalue weighted by Gasteiger charge is -2.10. The number of carbonyl (C=O) groups excluding carboxylic acids is 3. The Hall–Kier alpha value is -4.17. The molecule has 0 saturated carbocycles. The van der Waals surface area contributed by atoms with E-state index in [9.17, 15) is 14.4 Å². The summed E-state index contributed by atoms with van der Waals surface area (Å²) in [5.41, 5.74) is 5.68. The van der Waals surface area contributed by atoms with E-state index in [1.807, 2.05) is 50.2 Å². The third kappa shape index (κ3) is 6.91. The van der Waals surface area contributed by atoms with Gasteiger partial charge in [-0.1, -0.05) is 48.0 Å². The van der Waals surface area contributed by atoms with Crippen LogP contribution in [0.2, 0.25) is 5.02 Å². The van der Waals surface area contributed by atoms with E-state index in [0.29, 0.717) is 22.7 Å². The minimum atomic E-state index is -0.908. The van der Waals surface area contributed by atoms with E-state index < -0.39 is 11.8 Å². The molecule has 3 aromatic carbocycles. The fraction of sp³-hybridized carbons (Fsp3) is 0.120. The number of nitrogens with one attached hydrogen (secondary N) is 3. The zero-order chi connectivity index (χ0) is 24.5. The fourth-order valence-corrected chi connectivity index (χ4v) is 3.22. The first-order valence-electron chi connectivity index (χ1n) is 10.3. The third-order valence-electron chi connectivity index (χ3n) is 4.68. The van der Waals surface area contributed by atoms with Crippen LogP contribution in [0.25, 0.3) is 0 Å². The van der Waals surface area contributed by atoms with Crippen LogP contribution in [0.15, 0.2) is 71.8 Å². The normalized spacial score (nSPS) is 10.6. The van der Waals surface area contributed by atoms with Gasteiger partial charge in [0.1, 0.15) is 5.75 Å². The van der Waals surface area contributed by atoms with Gasteiger partial charge in [0.25, 0.3) is 5.91 Å². The van der Waals surface area contributed by atoms with Crippen molar-refractivity contribution in [1.82, 2.24) is 5.43 Å². The lowest BCUT2D eigenvalue weighted by Crippen LogP contribution is -2.32. The number of ether oxygens (including phenoxy) is 1. The van der Waals surface area contributed by atoms with E-state index in [0.717, 1.165) is 11.1 Å². The number of amides is 3. The first-order chi connectivity index (χ1) is 16.3. The van der Waals surface area contributed by atoms with E-state index in [2.05, 4.69) is 21.2 Å². The SMILES string of the molecule is Cc1cccc(C)c1NC(=O)C(=O)N/N=C\c1ccc(OCC(=O)Nc2ccccc2)c(Cl)c1. The smallest absolute Gasteiger partial charge is 0.329 e. The van der Waals surface area contributed by atoms with E-state index >= 15 is 0 Å². The van der Waals surface area contributed by atoms with Crippen LogP contribution in [0.3, 0.4) is 0 Å². The maximum Gasteiger partial charge on any atom is 0.329 e. The highest BCUT2D eigenvalue weighted by Gasteiger charge is 2.15. The molecule has 0 aliphatic carbocycles. The molecule has 8 nitrogen and oxygen atoms in total. The molecule has 0 radical (unpaired) electrons. The second-order valence-corrected chi connectivity index (χ2v) is 7.72. The summed E-state index contributed by atoms with van der Waals surface area (Å²) in [6.45, 7) is 3.46. The van der Waals surface area contributed by atoms with Crippen LogP contribution in [-0.2, 0) is 14.4 Å². The number of hydrogen-bond donors (Lipinski definition) is 3. The van der Waals surface area contributed by atoms with Crippen molar-refractivity contribution in [1.29, 1.82) is 0 Å². The standard InChI is InChI=1S/C25H23ClN4O4/c1-16-7-6-8-17(2)23(16)29-24(32)25(33)30-27-14-18-11-12-21(20(26)13-18)34-15-22(31)28-19-9-4-3-5-10-19/h3-14H,15H2,1-2H3,(H,28,31)(H,29,32)(H,30,33)/b27-14-. The highest BCUT2D eigenvalue weighted by atomic mass is 35.5. The van der Waals surface area contributed by atoms with Crippen LogP contribution in [0.5, 0.6) is 5.75 Å². The summed E-state index contributed by atoms with van der Waals surface area (Å²) >= 11 is 6.22. The van der Waals surface area contributed by atoms with Crippen molar-refractivity contribution in [3.8, 4) is 5.75 Å². The first-order valence-corrected chi connectivity index (χ1v) is 10.7. The average molecular weight is 479 g/mol. The monoisotopic (exact) mass is 478 g/mol. The van der Waals surface area contributed by atoms with Crippen molar-refractivity contribution in [2.45, 2.75) is 13.8 Å². The second-order valence-electron chi connectivity index (χ2n) is 7.31. The largest absolute Gasteiger partial charge is 0.482 e. The number of benzene rings is 3. The van der Waals surface area contributed by atoms with E-state index in [4.69, 9.17) is 16.3 Å². The molecule has 0 atom stereocenters. The quantitative estimate of drug-likeness (QED) is 0.270. The number of nitrogens with zero attached hydrogens (tertiary/aromatic N) is 1. The zero-order valence-corrected chi connectivity index (χ0v) is 19.3. The Morgan fingerprint density at radius 2 is 1.62 bits per heavy atom. The van der Waals surface area contributed by atoms with Gasteiger partial charge in [0.2, 0.25) is 0 Å². The minimum absolute atomic E-state index is 0.215. The van der Waals surface area contributed by atoms with Gasteiger partial charge in [-0.15, -0.1) is 0 Å². The van der Waals surface area contributed by atoms with E-state index in [1.165, 1.54) is 6.21 Å². The summed E-state index contributed by atoms with van der Waals surface area (Å²) in [5.74, 6) is -1.74. The van der Waals surface area contributed by atoms with Gasteiger partial charge in [-0.3, -0.25) is 14.4 Å². The predicted octanol–water partition coefficient (Wildman–Crippen LogP) is 4.06. The van der Waals surface area contributed by atoms with Crippen LogP contribution in [0.4, 0.5) is 11.4 Å². The summed E-state index contributed by atoms with van der Waals surface area (Å²) < 4.78 is 5.46. The summed E-state index contributed by atoms with van der Waals surface area (Å²) in [4.78, 5) is 36.2. The van der Waals surface area contributed by atoms with Crippen molar-refractivity contribution >= 4 is 46.9 Å². The van der Waals surface area contributed by atoms with Gasteiger partial charge in [0, 0.05) is 11.4 Å². The lowest BCUT2D eigenvalue weighted by atomic mass is 10.1. The lowest BCUT2D eigenvalue weighted by molar-refractivity contribution is -0.136. The molecule has 0 heterocycles. The summed E-state index contributed by atoms with van der Waals surface area (Å²) in [6, 6.07) is 19.3. The van der Waals surface area contributed by atoms with Crippen molar-refractivity contribution in [3.05, 3.63) is 88.4 Å². The Balaban J connectivity index is 1.50. The molecular formula is C25H23ClN4O4. The van der Waals surface area contributed by atoms with Crippen molar-refractivity contribution in [3.63, 3.8) is 0 Å². The number of para-hydroxylation sites is 2. The molecular weight excluding hydrogens is 456 g/mol. The number of rotatable bonds is 7. The topological polar surface area (TPSA) is 109 Å².